The number of nitrogens with two attached hydrogens (primary N) is 1. The van der Waals surface area contributed by atoms with Gasteiger partial charge in [-0.2, -0.15) is 0 Å². The van der Waals surface area contributed by atoms with E-state index in [1.54, 1.807) is 6.20 Å². The molecule has 0 unspecified atom stereocenters. The van der Waals surface area contributed by atoms with Gasteiger partial charge in [0.2, 0.25) is 0 Å². The maximum atomic E-state index is 6.01. The Hall–Kier alpha value is -2.07. The Balaban J connectivity index is 2.11. The normalized spacial score (nSPS) is 10.7. The number of aryl methyl sites for hydroxylation is 1. The summed E-state index contributed by atoms with van der Waals surface area (Å²) in [5, 5.41) is 5.46. The van der Waals surface area contributed by atoms with E-state index < -0.39 is 0 Å². The number of fused-ring (bicyclic) bond motifs is 1. The summed E-state index contributed by atoms with van der Waals surface area (Å²) < 4.78 is 1.02. The van der Waals surface area contributed by atoms with E-state index in [1.165, 1.54) is 5.56 Å². The highest BCUT2D eigenvalue weighted by Gasteiger charge is 2.06. The van der Waals surface area contributed by atoms with Gasteiger partial charge in [-0.1, -0.05) is 6.07 Å². The van der Waals surface area contributed by atoms with Crippen molar-refractivity contribution in [3.8, 4) is 0 Å². The van der Waals surface area contributed by atoms with Crippen LogP contribution < -0.4 is 11.1 Å². The van der Waals surface area contributed by atoms with Crippen molar-refractivity contribution in [3.63, 3.8) is 0 Å². The van der Waals surface area contributed by atoms with E-state index >= 15 is 0 Å². The van der Waals surface area contributed by atoms with Gasteiger partial charge < -0.3 is 11.1 Å². The van der Waals surface area contributed by atoms with Crippen molar-refractivity contribution < 1.29 is 0 Å². The molecular weight excluding hydrogens is 314 g/mol. The molecule has 1 aromatic heterocycles. The molecule has 0 fully saturated rings. The van der Waals surface area contributed by atoms with Crippen LogP contribution in [0.25, 0.3) is 10.8 Å². The number of anilines is 3. The quantitative estimate of drug-likeness (QED) is 0.674. The minimum atomic E-state index is 0.760. The number of benzene rings is 2. The van der Waals surface area contributed by atoms with Gasteiger partial charge in [0.25, 0.3) is 0 Å². The van der Waals surface area contributed by atoms with E-state index in [0.29, 0.717) is 0 Å². The van der Waals surface area contributed by atoms with Gasteiger partial charge in [-0.25, -0.2) is 0 Å². The molecule has 0 atom stereocenters. The summed E-state index contributed by atoms with van der Waals surface area (Å²) in [7, 11) is 0. The van der Waals surface area contributed by atoms with E-state index in [4.69, 9.17) is 5.73 Å². The largest absolute Gasteiger partial charge is 0.398 e. The topological polar surface area (TPSA) is 50.9 Å². The Morgan fingerprint density at radius 1 is 1.05 bits per heavy atom. The fourth-order valence-corrected chi connectivity index (χ4v) is 2.55. The maximum absolute atomic E-state index is 6.01. The van der Waals surface area contributed by atoms with Crippen molar-refractivity contribution in [1.82, 2.24) is 4.98 Å². The summed E-state index contributed by atoms with van der Waals surface area (Å²) in [4.78, 5) is 4.19. The molecule has 0 radical (unpaired) electrons. The molecule has 0 saturated heterocycles. The van der Waals surface area contributed by atoms with E-state index in [0.717, 1.165) is 32.3 Å². The van der Waals surface area contributed by atoms with Crippen molar-refractivity contribution in [2.75, 3.05) is 11.1 Å². The van der Waals surface area contributed by atoms with Gasteiger partial charge in [0, 0.05) is 39.0 Å². The van der Waals surface area contributed by atoms with Crippen LogP contribution in [0.3, 0.4) is 0 Å². The third kappa shape index (κ3) is 2.34. The highest BCUT2D eigenvalue weighted by molar-refractivity contribution is 9.10. The lowest BCUT2D eigenvalue weighted by atomic mass is 10.1. The first-order chi connectivity index (χ1) is 9.65. The molecule has 3 nitrogen and oxygen atoms in total. The first kappa shape index (κ1) is 12.9. The van der Waals surface area contributed by atoms with Gasteiger partial charge >= 0.3 is 0 Å². The molecule has 0 aliphatic carbocycles. The van der Waals surface area contributed by atoms with Crippen LogP contribution in [0.5, 0.6) is 0 Å². The van der Waals surface area contributed by atoms with Crippen LogP contribution in [0, 0.1) is 6.92 Å². The van der Waals surface area contributed by atoms with Crippen LogP contribution in [0.15, 0.2) is 53.3 Å². The average Bonchev–Trinajstić information content (AvgIpc) is 2.46. The first-order valence-corrected chi connectivity index (χ1v) is 7.10. The number of hydrogen-bond acceptors (Lipinski definition) is 3. The van der Waals surface area contributed by atoms with Gasteiger partial charge in [0.05, 0.1) is 5.69 Å². The second kappa shape index (κ2) is 5.13. The predicted octanol–water partition coefficient (Wildman–Crippen LogP) is 4.63. The number of nitrogen functional groups attached to an aromatic ring is 1. The molecular formula is C16H14BrN3. The van der Waals surface area contributed by atoms with Crippen LogP contribution in [-0.2, 0) is 0 Å². The monoisotopic (exact) mass is 327 g/mol. The number of nitrogens with zero attached hydrogens (tertiary/aromatic N) is 1. The van der Waals surface area contributed by atoms with Crippen LogP contribution in [0.1, 0.15) is 5.56 Å². The first-order valence-electron chi connectivity index (χ1n) is 6.30. The van der Waals surface area contributed by atoms with E-state index in [1.807, 2.05) is 30.5 Å². The van der Waals surface area contributed by atoms with Crippen molar-refractivity contribution in [3.05, 3.63) is 58.8 Å². The Kier molecular flexibility index (Phi) is 3.32. The highest BCUT2D eigenvalue weighted by atomic mass is 79.9. The summed E-state index contributed by atoms with van der Waals surface area (Å²) in [6.07, 6.45) is 3.59. The van der Waals surface area contributed by atoms with Crippen LogP contribution in [0.4, 0.5) is 17.1 Å². The molecule has 3 aromatic rings. The summed E-state index contributed by atoms with van der Waals surface area (Å²) in [6, 6.07) is 12.0. The molecule has 3 rings (SSSR count). The molecule has 0 bridgehead atoms. The van der Waals surface area contributed by atoms with Crippen LogP contribution in [0.2, 0.25) is 0 Å². The van der Waals surface area contributed by atoms with Gasteiger partial charge in [0.15, 0.2) is 0 Å². The predicted molar refractivity (Wildman–Crippen MR) is 88.3 cm³/mol. The summed E-state index contributed by atoms with van der Waals surface area (Å²) in [6.45, 7) is 2.07. The molecule has 2 aromatic carbocycles. The molecule has 1 heterocycles. The molecule has 100 valence electrons. The number of hydrogen-bond donors (Lipinski definition) is 2. The minimum absolute atomic E-state index is 0.760. The number of nitrogens with one attached hydrogen (secondary N) is 1. The average molecular weight is 328 g/mol. The lowest BCUT2D eigenvalue weighted by Gasteiger charge is -2.13. The fraction of sp³-hybridized carbons (Fsp3) is 0.0625. The summed E-state index contributed by atoms with van der Waals surface area (Å²) >= 11 is 3.56. The Morgan fingerprint density at radius 2 is 1.90 bits per heavy atom. The van der Waals surface area contributed by atoms with Gasteiger partial charge in [-0.3, -0.25) is 4.98 Å². The number of rotatable bonds is 2. The maximum Gasteiger partial charge on any atom is 0.0531 e. The zero-order valence-corrected chi connectivity index (χ0v) is 12.6. The van der Waals surface area contributed by atoms with Crippen molar-refractivity contribution >= 4 is 43.8 Å². The molecule has 0 spiro atoms. The van der Waals surface area contributed by atoms with E-state index in [9.17, 15) is 0 Å². The molecule has 0 amide bonds. The number of pyridine rings is 1. The van der Waals surface area contributed by atoms with E-state index in [-0.39, 0.29) is 0 Å². The smallest absolute Gasteiger partial charge is 0.0531 e. The zero-order chi connectivity index (χ0) is 14.1. The third-order valence-corrected chi connectivity index (χ3v) is 3.93. The van der Waals surface area contributed by atoms with Crippen molar-refractivity contribution in [1.29, 1.82) is 0 Å². The molecule has 0 saturated carbocycles. The Bertz CT molecular complexity index is 784. The second-order valence-electron chi connectivity index (χ2n) is 4.73. The summed E-state index contributed by atoms with van der Waals surface area (Å²) in [5.74, 6) is 0. The third-order valence-electron chi connectivity index (χ3n) is 3.24. The zero-order valence-electron chi connectivity index (χ0n) is 11.0. The van der Waals surface area contributed by atoms with Crippen molar-refractivity contribution in [2.45, 2.75) is 6.92 Å². The number of halogens is 1. The van der Waals surface area contributed by atoms with Crippen LogP contribution >= 0.6 is 15.9 Å². The molecule has 0 aliphatic rings. The molecule has 3 N–H and O–H groups in total. The fourth-order valence-electron chi connectivity index (χ4n) is 2.20. The van der Waals surface area contributed by atoms with Crippen molar-refractivity contribution in [2.24, 2.45) is 0 Å². The van der Waals surface area contributed by atoms with E-state index in [2.05, 4.69) is 45.3 Å². The van der Waals surface area contributed by atoms with Gasteiger partial charge in [-0.15, -0.1) is 0 Å². The highest BCUT2D eigenvalue weighted by Crippen LogP contribution is 2.32. The second-order valence-corrected chi connectivity index (χ2v) is 5.59. The van der Waals surface area contributed by atoms with Crippen LogP contribution in [-0.4, -0.2) is 4.98 Å². The lowest BCUT2D eigenvalue weighted by molar-refractivity contribution is 1.36. The standard InChI is InChI=1S/C16H14BrN3/c1-10-2-3-13(17)16(8-10)20-15-5-4-14(18)11-6-7-19-9-12(11)15/h2-9,20H,18H2,1H3. The Morgan fingerprint density at radius 3 is 2.75 bits per heavy atom. The lowest BCUT2D eigenvalue weighted by Crippen LogP contribution is -1.95. The summed E-state index contributed by atoms with van der Waals surface area (Å²) in [5.41, 5.74) is 9.99. The minimum Gasteiger partial charge on any atom is -0.398 e. The molecule has 0 aliphatic heterocycles. The molecule has 20 heavy (non-hydrogen) atoms. The Labute approximate surface area is 126 Å². The van der Waals surface area contributed by atoms with Gasteiger partial charge in [-0.05, 0) is 58.7 Å². The number of aromatic nitrogens is 1. The SMILES string of the molecule is Cc1ccc(Br)c(Nc2ccc(N)c3ccncc23)c1. The van der Waals surface area contributed by atoms with Gasteiger partial charge in [0.1, 0.15) is 0 Å². The molecule has 4 heteroatoms.